The van der Waals surface area contributed by atoms with Crippen molar-refractivity contribution < 1.29 is 14.0 Å². The molecule has 0 fully saturated rings. The average molecular weight is 376 g/mol. The zero-order valence-electron chi connectivity index (χ0n) is 16.2. The van der Waals surface area contributed by atoms with Gasteiger partial charge < -0.3 is 15.1 Å². The molecule has 1 aromatic heterocycles. The predicted octanol–water partition coefficient (Wildman–Crippen LogP) is 4.78. The molecule has 1 heterocycles. The van der Waals surface area contributed by atoms with Gasteiger partial charge in [-0.2, -0.15) is 0 Å². The summed E-state index contributed by atoms with van der Waals surface area (Å²) in [6.07, 6.45) is 1.58. The molecule has 3 aromatic rings. The van der Waals surface area contributed by atoms with Crippen molar-refractivity contribution in [3.8, 4) is 0 Å². The molecule has 2 aromatic carbocycles. The minimum atomic E-state index is -0.518. The lowest BCUT2D eigenvalue weighted by Crippen LogP contribution is -2.30. The number of carbonyl (C=O) groups excluding carboxylic acids is 2. The largest absolute Gasteiger partial charge is 0.467 e. The molecule has 0 aliphatic carbocycles. The molecule has 0 aliphatic rings. The maximum Gasteiger partial charge on any atom is 0.252 e. The Labute approximate surface area is 164 Å². The first kappa shape index (κ1) is 19.4. The van der Waals surface area contributed by atoms with Crippen LogP contribution in [-0.2, 0) is 4.79 Å². The molecule has 0 saturated carbocycles. The van der Waals surface area contributed by atoms with E-state index in [1.807, 2.05) is 57.2 Å². The normalized spacial score (nSPS) is 12.2. The average Bonchev–Trinajstić information content (AvgIpc) is 3.20. The number of nitrogens with one attached hydrogen (secondary N) is 2. The number of amides is 2. The van der Waals surface area contributed by atoms with Crippen molar-refractivity contribution in [2.24, 2.45) is 5.41 Å². The van der Waals surface area contributed by atoms with Crippen LogP contribution in [0.1, 0.15) is 48.5 Å². The number of benzene rings is 2. The van der Waals surface area contributed by atoms with E-state index in [4.69, 9.17) is 4.42 Å². The first-order valence-corrected chi connectivity index (χ1v) is 9.15. The van der Waals surface area contributed by atoms with E-state index in [1.54, 1.807) is 36.6 Å². The lowest BCUT2D eigenvalue weighted by Gasteiger charge is -2.19. The SMILES string of the molecule is CC(C)(C)C(=O)Nc1cccc(C(=O)NC(c2ccccc2)c2ccco2)c1. The third-order valence-electron chi connectivity index (χ3n) is 4.30. The van der Waals surface area contributed by atoms with E-state index in [0.717, 1.165) is 5.56 Å². The van der Waals surface area contributed by atoms with Crippen LogP contribution in [0, 0.1) is 5.41 Å². The number of carbonyl (C=O) groups is 2. The molecular weight excluding hydrogens is 352 g/mol. The van der Waals surface area contributed by atoms with Crippen LogP contribution in [0.25, 0.3) is 0 Å². The van der Waals surface area contributed by atoms with Gasteiger partial charge in [-0.25, -0.2) is 0 Å². The van der Waals surface area contributed by atoms with Crippen LogP contribution in [0.15, 0.2) is 77.4 Å². The van der Waals surface area contributed by atoms with Gasteiger partial charge in [-0.15, -0.1) is 0 Å². The number of anilines is 1. The van der Waals surface area contributed by atoms with E-state index in [2.05, 4.69) is 10.6 Å². The van der Waals surface area contributed by atoms with Crippen molar-refractivity contribution in [2.75, 3.05) is 5.32 Å². The van der Waals surface area contributed by atoms with Gasteiger partial charge >= 0.3 is 0 Å². The number of hydrogen-bond donors (Lipinski definition) is 2. The summed E-state index contributed by atoms with van der Waals surface area (Å²) < 4.78 is 5.53. The maximum absolute atomic E-state index is 12.9. The quantitative estimate of drug-likeness (QED) is 0.673. The van der Waals surface area contributed by atoms with Gasteiger partial charge in [-0.1, -0.05) is 57.2 Å². The highest BCUT2D eigenvalue weighted by molar-refractivity contribution is 5.98. The maximum atomic E-state index is 12.9. The third kappa shape index (κ3) is 4.68. The van der Waals surface area contributed by atoms with Gasteiger partial charge in [0.05, 0.1) is 6.26 Å². The molecule has 0 spiro atoms. The fourth-order valence-electron chi connectivity index (χ4n) is 2.69. The van der Waals surface area contributed by atoms with Crippen molar-refractivity contribution in [1.29, 1.82) is 0 Å². The van der Waals surface area contributed by atoms with Gasteiger partial charge in [-0.05, 0) is 35.9 Å². The predicted molar refractivity (Wildman–Crippen MR) is 109 cm³/mol. The molecule has 144 valence electrons. The van der Waals surface area contributed by atoms with Gasteiger partial charge in [-0.3, -0.25) is 9.59 Å². The van der Waals surface area contributed by atoms with Gasteiger partial charge in [0, 0.05) is 16.7 Å². The van der Waals surface area contributed by atoms with Crippen LogP contribution in [-0.4, -0.2) is 11.8 Å². The van der Waals surface area contributed by atoms with Crippen LogP contribution in [0.5, 0.6) is 0 Å². The van der Waals surface area contributed by atoms with E-state index < -0.39 is 11.5 Å². The summed E-state index contributed by atoms with van der Waals surface area (Å²) in [5, 5.41) is 5.87. The highest BCUT2D eigenvalue weighted by Gasteiger charge is 2.22. The summed E-state index contributed by atoms with van der Waals surface area (Å²) in [5.41, 5.74) is 1.44. The molecule has 2 amide bonds. The number of furan rings is 1. The number of hydrogen-bond acceptors (Lipinski definition) is 3. The van der Waals surface area contributed by atoms with Crippen LogP contribution in [0.3, 0.4) is 0 Å². The van der Waals surface area contributed by atoms with E-state index in [1.165, 1.54) is 0 Å². The van der Waals surface area contributed by atoms with Crippen molar-refractivity contribution in [1.82, 2.24) is 5.32 Å². The molecule has 3 rings (SSSR count). The van der Waals surface area contributed by atoms with Gasteiger partial charge in [0.1, 0.15) is 11.8 Å². The molecule has 1 atom stereocenters. The van der Waals surface area contributed by atoms with Crippen LogP contribution in [0.2, 0.25) is 0 Å². The fraction of sp³-hybridized carbons (Fsp3) is 0.217. The standard InChI is InChI=1S/C23H24N2O3/c1-23(2,3)22(27)24-18-12-7-11-17(15-18)21(26)25-20(19-13-8-14-28-19)16-9-5-4-6-10-16/h4-15,20H,1-3H3,(H,24,27)(H,25,26). The second-order valence-corrected chi connectivity index (χ2v) is 7.62. The minimum absolute atomic E-state index is 0.109. The summed E-state index contributed by atoms with van der Waals surface area (Å²) in [7, 11) is 0. The Hall–Kier alpha value is -3.34. The molecule has 1 unspecified atom stereocenters. The Bertz CT molecular complexity index is 941. The van der Waals surface area contributed by atoms with Crippen molar-refractivity contribution in [3.63, 3.8) is 0 Å². The molecule has 5 heteroatoms. The first-order valence-electron chi connectivity index (χ1n) is 9.15. The second kappa shape index (κ2) is 8.13. The zero-order chi connectivity index (χ0) is 20.1. The Morgan fingerprint density at radius 2 is 1.68 bits per heavy atom. The highest BCUT2D eigenvalue weighted by Crippen LogP contribution is 2.24. The molecule has 0 saturated heterocycles. The molecule has 0 radical (unpaired) electrons. The summed E-state index contributed by atoms with van der Waals surface area (Å²) >= 11 is 0. The van der Waals surface area contributed by atoms with E-state index in [9.17, 15) is 9.59 Å². The Kier molecular flexibility index (Phi) is 5.64. The minimum Gasteiger partial charge on any atom is -0.467 e. The zero-order valence-corrected chi connectivity index (χ0v) is 16.2. The molecule has 2 N–H and O–H groups in total. The highest BCUT2D eigenvalue weighted by atomic mass is 16.3. The van der Waals surface area contributed by atoms with E-state index in [-0.39, 0.29) is 11.8 Å². The van der Waals surface area contributed by atoms with Gasteiger partial charge in [0.2, 0.25) is 5.91 Å². The summed E-state index contributed by atoms with van der Waals surface area (Å²) in [5.74, 6) is 0.289. The topological polar surface area (TPSA) is 71.3 Å². The van der Waals surface area contributed by atoms with Crippen molar-refractivity contribution >= 4 is 17.5 Å². The van der Waals surface area contributed by atoms with Crippen LogP contribution >= 0.6 is 0 Å². The second-order valence-electron chi connectivity index (χ2n) is 7.62. The fourth-order valence-corrected chi connectivity index (χ4v) is 2.69. The van der Waals surface area contributed by atoms with Crippen LogP contribution < -0.4 is 10.6 Å². The van der Waals surface area contributed by atoms with Crippen molar-refractivity contribution in [2.45, 2.75) is 26.8 Å². The summed E-state index contributed by atoms with van der Waals surface area (Å²) in [6, 6.07) is 19.7. The lowest BCUT2D eigenvalue weighted by atomic mass is 9.95. The monoisotopic (exact) mass is 376 g/mol. The molecule has 5 nitrogen and oxygen atoms in total. The number of rotatable bonds is 5. The smallest absolute Gasteiger partial charge is 0.252 e. The molecule has 0 aliphatic heterocycles. The van der Waals surface area contributed by atoms with Gasteiger partial charge in [0.15, 0.2) is 0 Å². The van der Waals surface area contributed by atoms with Crippen LogP contribution in [0.4, 0.5) is 5.69 Å². The molecule has 28 heavy (non-hydrogen) atoms. The Balaban J connectivity index is 1.81. The summed E-state index contributed by atoms with van der Waals surface area (Å²) in [4.78, 5) is 25.1. The molecule has 0 bridgehead atoms. The third-order valence-corrected chi connectivity index (χ3v) is 4.30. The summed E-state index contributed by atoms with van der Waals surface area (Å²) in [6.45, 7) is 5.52. The van der Waals surface area contributed by atoms with E-state index in [0.29, 0.717) is 17.0 Å². The Morgan fingerprint density at radius 3 is 2.32 bits per heavy atom. The Morgan fingerprint density at radius 1 is 0.929 bits per heavy atom. The van der Waals surface area contributed by atoms with Crippen molar-refractivity contribution in [3.05, 3.63) is 89.9 Å². The lowest BCUT2D eigenvalue weighted by molar-refractivity contribution is -0.123. The first-order chi connectivity index (χ1) is 13.3. The van der Waals surface area contributed by atoms with E-state index >= 15 is 0 Å². The molecular formula is C23H24N2O3. The van der Waals surface area contributed by atoms with Gasteiger partial charge in [0.25, 0.3) is 5.91 Å².